The molecule has 30 heavy (non-hydrogen) atoms. The van der Waals surface area contributed by atoms with Crippen LogP contribution in [0.3, 0.4) is 0 Å². The summed E-state index contributed by atoms with van der Waals surface area (Å²) in [6, 6.07) is 35.9. The van der Waals surface area contributed by atoms with Crippen molar-refractivity contribution in [2.45, 2.75) is 40.5 Å². The number of hydrogen-bond acceptors (Lipinski definition) is 0. The molecule has 0 heteroatoms. The van der Waals surface area contributed by atoms with E-state index in [4.69, 9.17) is 0 Å². The van der Waals surface area contributed by atoms with Crippen molar-refractivity contribution in [3.8, 4) is 11.1 Å². The third kappa shape index (κ3) is 3.17. The first-order chi connectivity index (χ1) is 14.2. The molecule has 0 saturated heterocycles. The summed E-state index contributed by atoms with van der Waals surface area (Å²) in [5.41, 5.74) is 10.4. The van der Waals surface area contributed by atoms with Gasteiger partial charge in [0, 0.05) is 0 Å². The molecule has 0 radical (unpaired) electrons. The van der Waals surface area contributed by atoms with E-state index in [0.717, 1.165) is 0 Å². The third-order valence-corrected chi connectivity index (χ3v) is 5.92. The molecular weight excluding hydrogens is 360 g/mol. The normalized spacial score (nSPS) is 12.7. The van der Waals surface area contributed by atoms with E-state index in [2.05, 4.69) is 111 Å². The lowest BCUT2D eigenvalue weighted by Gasteiger charge is -2.34. The Morgan fingerprint density at radius 3 is 1.17 bits per heavy atom. The minimum absolute atomic E-state index is 0. The number of hydrogen-bond donors (Lipinski definition) is 0. The van der Waals surface area contributed by atoms with Crippen LogP contribution in [0.2, 0.25) is 0 Å². The summed E-state index contributed by atoms with van der Waals surface area (Å²) in [7, 11) is 0. The molecule has 0 amide bonds. The van der Waals surface area contributed by atoms with Gasteiger partial charge in [-0.1, -0.05) is 129 Å². The van der Waals surface area contributed by atoms with E-state index in [0.29, 0.717) is 0 Å². The van der Waals surface area contributed by atoms with Crippen LogP contribution in [-0.4, -0.2) is 0 Å². The van der Waals surface area contributed by atoms with Gasteiger partial charge in [0.2, 0.25) is 0 Å². The van der Waals surface area contributed by atoms with Crippen LogP contribution < -0.4 is 0 Å². The summed E-state index contributed by atoms with van der Waals surface area (Å²) in [5, 5.41) is 0. The number of aryl methyl sites for hydroxylation is 2. The molecule has 0 fully saturated rings. The maximum absolute atomic E-state index is 2.30. The molecule has 0 unspecified atom stereocenters. The van der Waals surface area contributed by atoms with Crippen LogP contribution in [0, 0.1) is 13.8 Å². The van der Waals surface area contributed by atoms with E-state index >= 15 is 0 Å². The fourth-order valence-electron chi connectivity index (χ4n) is 4.63. The topological polar surface area (TPSA) is 0 Å². The minimum atomic E-state index is -0.269. The van der Waals surface area contributed by atoms with Gasteiger partial charge >= 0.3 is 0 Å². The minimum Gasteiger partial charge on any atom is -0.0776 e. The van der Waals surface area contributed by atoms with E-state index in [1.54, 1.807) is 0 Å². The van der Waals surface area contributed by atoms with Crippen molar-refractivity contribution in [2.75, 3.05) is 0 Å². The molecule has 0 N–H and O–H groups in total. The summed E-state index contributed by atoms with van der Waals surface area (Å²) < 4.78 is 0. The van der Waals surface area contributed by atoms with Gasteiger partial charge in [-0.05, 0) is 47.2 Å². The first kappa shape index (κ1) is 21.6. The van der Waals surface area contributed by atoms with E-state index in [-0.39, 0.29) is 12.8 Å². The number of benzene rings is 4. The molecular formula is C30H32. The van der Waals surface area contributed by atoms with E-state index < -0.39 is 0 Å². The lowest BCUT2D eigenvalue weighted by Crippen LogP contribution is -2.28. The van der Waals surface area contributed by atoms with Crippen LogP contribution in [0.15, 0.2) is 97.1 Å². The summed E-state index contributed by atoms with van der Waals surface area (Å²) in [6.45, 7) is 8.30. The zero-order valence-corrected chi connectivity index (χ0v) is 17.7. The standard InChI is InChI=1S/C27H22.C2H6.CH4/c1-19-11-15-21(16-12-19)27(22-17-13-20(2)14-18-22)25-9-5-3-7-23(25)24-8-4-6-10-26(24)27;1-2;/h3-18H,1-2H3;1-2H3;1H4. The van der Waals surface area contributed by atoms with Crippen molar-refractivity contribution in [2.24, 2.45) is 0 Å². The summed E-state index contributed by atoms with van der Waals surface area (Å²) in [4.78, 5) is 0. The van der Waals surface area contributed by atoms with Gasteiger partial charge in [0.05, 0.1) is 5.41 Å². The van der Waals surface area contributed by atoms with Gasteiger partial charge < -0.3 is 0 Å². The molecule has 5 rings (SSSR count). The highest BCUT2D eigenvalue weighted by Gasteiger charge is 2.45. The Morgan fingerprint density at radius 1 is 0.467 bits per heavy atom. The van der Waals surface area contributed by atoms with Crippen molar-refractivity contribution in [3.05, 3.63) is 130 Å². The molecule has 1 aliphatic carbocycles. The Kier molecular flexibility index (Phi) is 6.27. The molecule has 0 aromatic heterocycles. The predicted molar refractivity (Wildman–Crippen MR) is 131 cm³/mol. The summed E-state index contributed by atoms with van der Waals surface area (Å²) in [5.74, 6) is 0. The van der Waals surface area contributed by atoms with Crippen LogP contribution >= 0.6 is 0 Å². The van der Waals surface area contributed by atoms with E-state index in [9.17, 15) is 0 Å². The lowest BCUT2D eigenvalue weighted by atomic mass is 9.67. The van der Waals surface area contributed by atoms with Crippen LogP contribution in [0.5, 0.6) is 0 Å². The number of rotatable bonds is 2. The predicted octanol–water partition coefficient (Wildman–Crippen LogP) is 8.33. The van der Waals surface area contributed by atoms with Crippen LogP contribution in [0.1, 0.15) is 54.7 Å². The fraction of sp³-hybridized carbons (Fsp3) is 0.200. The molecule has 1 aliphatic rings. The lowest BCUT2D eigenvalue weighted by molar-refractivity contribution is 0.767. The molecule has 4 aromatic carbocycles. The monoisotopic (exact) mass is 392 g/mol. The molecule has 152 valence electrons. The second-order valence-electron chi connectivity index (χ2n) is 7.57. The first-order valence-electron chi connectivity index (χ1n) is 10.5. The van der Waals surface area contributed by atoms with Gasteiger partial charge in [0.1, 0.15) is 0 Å². The Hall–Kier alpha value is -3.12. The molecule has 4 aromatic rings. The van der Waals surface area contributed by atoms with Gasteiger partial charge in [0.25, 0.3) is 0 Å². The maximum Gasteiger partial charge on any atom is 0.0713 e. The molecule has 0 saturated carbocycles. The molecule has 0 atom stereocenters. The molecule has 0 heterocycles. The van der Waals surface area contributed by atoms with Crippen molar-refractivity contribution in [1.29, 1.82) is 0 Å². The zero-order valence-electron chi connectivity index (χ0n) is 17.7. The quantitative estimate of drug-likeness (QED) is 0.283. The van der Waals surface area contributed by atoms with E-state index in [1.807, 2.05) is 13.8 Å². The van der Waals surface area contributed by atoms with Gasteiger partial charge in [-0.25, -0.2) is 0 Å². The second kappa shape index (κ2) is 8.71. The maximum atomic E-state index is 2.30. The fourth-order valence-corrected chi connectivity index (χ4v) is 4.63. The highest BCUT2D eigenvalue weighted by molar-refractivity contribution is 5.86. The molecule has 0 bridgehead atoms. The molecule has 0 aliphatic heterocycles. The third-order valence-electron chi connectivity index (χ3n) is 5.92. The number of fused-ring (bicyclic) bond motifs is 3. The Bertz CT molecular complexity index is 1020. The van der Waals surface area contributed by atoms with Crippen molar-refractivity contribution < 1.29 is 0 Å². The summed E-state index contributed by atoms with van der Waals surface area (Å²) in [6.07, 6.45) is 0. The highest BCUT2D eigenvalue weighted by Crippen LogP contribution is 2.55. The van der Waals surface area contributed by atoms with Crippen LogP contribution in [0.4, 0.5) is 0 Å². The average Bonchev–Trinajstić information content (AvgIpc) is 3.08. The Morgan fingerprint density at radius 2 is 0.800 bits per heavy atom. The molecule has 0 spiro atoms. The Labute approximate surface area is 182 Å². The zero-order chi connectivity index (χ0) is 20.4. The van der Waals surface area contributed by atoms with Gasteiger partial charge in [0.15, 0.2) is 0 Å². The average molecular weight is 393 g/mol. The first-order valence-corrected chi connectivity index (χ1v) is 10.5. The smallest absolute Gasteiger partial charge is 0.0713 e. The van der Waals surface area contributed by atoms with Crippen molar-refractivity contribution >= 4 is 0 Å². The van der Waals surface area contributed by atoms with Crippen molar-refractivity contribution in [1.82, 2.24) is 0 Å². The van der Waals surface area contributed by atoms with Gasteiger partial charge in [-0.2, -0.15) is 0 Å². The summed E-state index contributed by atoms with van der Waals surface area (Å²) >= 11 is 0. The SMILES string of the molecule is C.CC.Cc1ccc(C2(c3ccc(C)cc3)c3ccccc3-c3ccccc32)cc1. The molecule has 0 nitrogen and oxygen atoms in total. The van der Waals surface area contributed by atoms with Crippen LogP contribution in [0.25, 0.3) is 11.1 Å². The van der Waals surface area contributed by atoms with Crippen LogP contribution in [-0.2, 0) is 5.41 Å². The van der Waals surface area contributed by atoms with Crippen molar-refractivity contribution in [3.63, 3.8) is 0 Å². The van der Waals surface area contributed by atoms with E-state index in [1.165, 1.54) is 44.5 Å². The largest absolute Gasteiger partial charge is 0.0776 e. The second-order valence-corrected chi connectivity index (χ2v) is 7.57. The van der Waals surface area contributed by atoms with Gasteiger partial charge in [-0.3, -0.25) is 0 Å². The Balaban J connectivity index is 0.000000830. The van der Waals surface area contributed by atoms with Gasteiger partial charge in [-0.15, -0.1) is 0 Å². The highest BCUT2D eigenvalue weighted by atomic mass is 14.5.